The number of nitrogens with zero attached hydrogens (tertiary/aromatic N) is 2. The van der Waals surface area contributed by atoms with Crippen LogP contribution in [0.15, 0.2) is 35.7 Å². The van der Waals surface area contributed by atoms with Crippen molar-refractivity contribution in [2.75, 3.05) is 6.54 Å². The molecular weight excluding hydrogens is 334 g/mol. The Kier molecular flexibility index (Phi) is 5.81. The van der Waals surface area contributed by atoms with Crippen LogP contribution in [0.4, 0.5) is 0 Å². The molecule has 2 amide bonds. The highest BCUT2D eigenvalue weighted by atomic mass is 32.1. The Bertz CT molecular complexity index is 730. The number of aryl methyl sites for hydroxylation is 1. The minimum Gasteiger partial charge on any atom is -0.351 e. The predicted molar refractivity (Wildman–Crippen MR) is 98.1 cm³/mol. The Balaban J connectivity index is 1.65. The van der Waals surface area contributed by atoms with E-state index in [-0.39, 0.29) is 17.9 Å². The van der Waals surface area contributed by atoms with Crippen molar-refractivity contribution in [3.05, 3.63) is 52.0 Å². The maximum atomic E-state index is 12.7. The fraction of sp³-hybridized carbons (Fsp3) is 0.421. The van der Waals surface area contributed by atoms with E-state index in [0.29, 0.717) is 13.0 Å². The Morgan fingerprint density at radius 1 is 1.32 bits per heavy atom. The fourth-order valence-corrected chi connectivity index (χ4v) is 3.91. The fourth-order valence-electron chi connectivity index (χ4n) is 3.20. The number of carbonyl (C=O) groups excluding carboxylic acids is 2. The number of aromatic nitrogens is 1. The number of likely N-dealkylation sites (tertiary alicyclic amines) is 1. The van der Waals surface area contributed by atoms with Gasteiger partial charge >= 0.3 is 0 Å². The zero-order chi connectivity index (χ0) is 17.6. The third kappa shape index (κ3) is 4.66. The van der Waals surface area contributed by atoms with Crippen LogP contribution in [0.2, 0.25) is 0 Å². The topological polar surface area (TPSA) is 62.3 Å². The number of nitrogens with one attached hydrogen (secondary N) is 1. The van der Waals surface area contributed by atoms with E-state index >= 15 is 0 Å². The van der Waals surface area contributed by atoms with Gasteiger partial charge in [-0.3, -0.25) is 14.6 Å². The molecule has 2 aromatic rings. The van der Waals surface area contributed by atoms with Crippen molar-refractivity contribution < 1.29 is 9.59 Å². The SMILES string of the molecule is CC(=O)NCc1cccc([C@H]2CCCN2C(=O)CCc2cccs2)n1. The molecule has 6 heteroatoms. The third-order valence-electron chi connectivity index (χ3n) is 4.43. The molecule has 0 aliphatic carbocycles. The largest absolute Gasteiger partial charge is 0.351 e. The molecule has 132 valence electrons. The highest BCUT2D eigenvalue weighted by molar-refractivity contribution is 7.09. The Morgan fingerprint density at radius 3 is 2.96 bits per heavy atom. The maximum Gasteiger partial charge on any atom is 0.223 e. The summed E-state index contributed by atoms with van der Waals surface area (Å²) < 4.78 is 0. The van der Waals surface area contributed by atoms with Gasteiger partial charge in [-0.2, -0.15) is 0 Å². The van der Waals surface area contributed by atoms with E-state index in [2.05, 4.69) is 16.4 Å². The second kappa shape index (κ2) is 8.25. The summed E-state index contributed by atoms with van der Waals surface area (Å²) in [5.41, 5.74) is 1.75. The van der Waals surface area contributed by atoms with E-state index in [1.54, 1.807) is 11.3 Å². The first-order valence-corrected chi connectivity index (χ1v) is 9.53. The van der Waals surface area contributed by atoms with Crippen LogP contribution in [-0.2, 0) is 22.6 Å². The molecule has 0 bridgehead atoms. The monoisotopic (exact) mass is 357 g/mol. The van der Waals surface area contributed by atoms with E-state index < -0.39 is 0 Å². The van der Waals surface area contributed by atoms with Crippen LogP contribution >= 0.6 is 11.3 Å². The maximum absolute atomic E-state index is 12.7. The predicted octanol–water partition coefficient (Wildman–Crippen LogP) is 3.08. The molecule has 1 N–H and O–H groups in total. The van der Waals surface area contributed by atoms with Gasteiger partial charge in [0.2, 0.25) is 11.8 Å². The standard InChI is InChI=1S/C19H23N3O2S/c1-14(23)20-13-15-5-2-7-17(21-15)18-8-3-11-22(18)19(24)10-9-16-6-4-12-25-16/h2,4-7,12,18H,3,8-11,13H2,1H3,(H,20,23)/t18-/m1/s1. The summed E-state index contributed by atoms with van der Waals surface area (Å²) in [4.78, 5) is 31.6. The first-order valence-electron chi connectivity index (χ1n) is 8.65. The molecule has 1 aliphatic rings. The average Bonchev–Trinajstić information content (AvgIpc) is 3.29. The zero-order valence-corrected chi connectivity index (χ0v) is 15.2. The van der Waals surface area contributed by atoms with E-state index in [0.717, 1.165) is 37.2 Å². The molecular formula is C19H23N3O2S. The van der Waals surface area contributed by atoms with Crippen LogP contribution in [0.5, 0.6) is 0 Å². The van der Waals surface area contributed by atoms with Gasteiger partial charge in [-0.15, -0.1) is 11.3 Å². The highest BCUT2D eigenvalue weighted by Gasteiger charge is 2.30. The summed E-state index contributed by atoms with van der Waals surface area (Å²) in [5, 5.41) is 4.81. The number of pyridine rings is 1. The molecule has 2 aromatic heterocycles. The van der Waals surface area contributed by atoms with Crippen LogP contribution in [0.25, 0.3) is 0 Å². The average molecular weight is 357 g/mol. The number of thiophene rings is 1. The van der Waals surface area contributed by atoms with Gasteiger partial charge in [-0.25, -0.2) is 0 Å². The minimum absolute atomic E-state index is 0.0492. The molecule has 3 heterocycles. The first-order chi connectivity index (χ1) is 12.1. The summed E-state index contributed by atoms with van der Waals surface area (Å²) in [7, 11) is 0. The van der Waals surface area contributed by atoms with Gasteiger partial charge in [0.25, 0.3) is 0 Å². The summed E-state index contributed by atoms with van der Waals surface area (Å²) in [6.45, 7) is 2.71. The van der Waals surface area contributed by atoms with Crippen molar-refractivity contribution in [2.45, 2.75) is 45.2 Å². The Morgan fingerprint density at radius 2 is 2.20 bits per heavy atom. The Labute approximate surface area is 152 Å². The number of carbonyl (C=O) groups is 2. The molecule has 1 atom stereocenters. The number of amides is 2. The number of hydrogen-bond donors (Lipinski definition) is 1. The van der Waals surface area contributed by atoms with Crippen molar-refractivity contribution in [1.82, 2.24) is 15.2 Å². The molecule has 25 heavy (non-hydrogen) atoms. The van der Waals surface area contributed by atoms with E-state index in [9.17, 15) is 9.59 Å². The normalized spacial score (nSPS) is 16.8. The van der Waals surface area contributed by atoms with E-state index in [1.165, 1.54) is 11.8 Å². The molecule has 0 saturated carbocycles. The number of rotatable bonds is 6. The lowest BCUT2D eigenvalue weighted by Crippen LogP contribution is -2.31. The third-order valence-corrected chi connectivity index (χ3v) is 5.36. The second-order valence-electron chi connectivity index (χ2n) is 6.29. The van der Waals surface area contributed by atoms with E-state index in [1.807, 2.05) is 34.5 Å². The van der Waals surface area contributed by atoms with Gasteiger partial charge in [-0.05, 0) is 42.8 Å². The molecule has 0 radical (unpaired) electrons. The minimum atomic E-state index is -0.0709. The summed E-state index contributed by atoms with van der Waals surface area (Å²) in [6, 6.07) is 9.98. The molecule has 5 nitrogen and oxygen atoms in total. The summed E-state index contributed by atoms with van der Waals surface area (Å²) in [5.74, 6) is 0.128. The lowest BCUT2D eigenvalue weighted by atomic mass is 10.1. The van der Waals surface area contributed by atoms with Gasteiger partial charge < -0.3 is 10.2 Å². The van der Waals surface area contributed by atoms with Gasteiger partial charge in [0, 0.05) is 24.8 Å². The van der Waals surface area contributed by atoms with Crippen LogP contribution < -0.4 is 5.32 Å². The van der Waals surface area contributed by atoms with Crippen molar-refractivity contribution >= 4 is 23.2 Å². The van der Waals surface area contributed by atoms with Crippen molar-refractivity contribution in [3.8, 4) is 0 Å². The van der Waals surface area contributed by atoms with Crippen molar-refractivity contribution in [1.29, 1.82) is 0 Å². The molecule has 3 rings (SSSR count). The molecule has 1 fully saturated rings. The molecule has 0 spiro atoms. The molecule has 0 aromatic carbocycles. The summed E-state index contributed by atoms with van der Waals surface area (Å²) >= 11 is 1.70. The van der Waals surface area contributed by atoms with Crippen LogP contribution in [-0.4, -0.2) is 28.2 Å². The second-order valence-corrected chi connectivity index (χ2v) is 7.32. The van der Waals surface area contributed by atoms with Crippen molar-refractivity contribution in [3.63, 3.8) is 0 Å². The van der Waals surface area contributed by atoms with Crippen LogP contribution in [0, 0.1) is 0 Å². The van der Waals surface area contributed by atoms with Crippen LogP contribution in [0.1, 0.15) is 48.5 Å². The Hall–Kier alpha value is -2.21. The zero-order valence-electron chi connectivity index (χ0n) is 14.4. The summed E-state index contributed by atoms with van der Waals surface area (Å²) in [6.07, 6.45) is 3.30. The van der Waals surface area contributed by atoms with Gasteiger partial charge in [0.15, 0.2) is 0 Å². The van der Waals surface area contributed by atoms with Crippen LogP contribution in [0.3, 0.4) is 0 Å². The molecule has 0 unspecified atom stereocenters. The smallest absolute Gasteiger partial charge is 0.223 e. The quantitative estimate of drug-likeness (QED) is 0.864. The van der Waals surface area contributed by atoms with Gasteiger partial charge in [-0.1, -0.05) is 12.1 Å². The number of hydrogen-bond acceptors (Lipinski definition) is 4. The molecule has 1 saturated heterocycles. The lowest BCUT2D eigenvalue weighted by Gasteiger charge is -2.24. The van der Waals surface area contributed by atoms with E-state index in [4.69, 9.17) is 0 Å². The highest BCUT2D eigenvalue weighted by Crippen LogP contribution is 2.31. The van der Waals surface area contributed by atoms with Crippen molar-refractivity contribution in [2.24, 2.45) is 0 Å². The van der Waals surface area contributed by atoms with Gasteiger partial charge in [0.05, 0.1) is 24.0 Å². The first kappa shape index (κ1) is 17.6. The van der Waals surface area contributed by atoms with Gasteiger partial charge in [0.1, 0.15) is 0 Å². The molecule has 1 aliphatic heterocycles. The lowest BCUT2D eigenvalue weighted by molar-refractivity contribution is -0.132.